The summed E-state index contributed by atoms with van der Waals surface area (Å²) in [6.45, 7) is 3.38. The Labute approximate surface area is 358 Å². The van der Waals surface area contributed by atoms with Gasteiger partial charge in [0.25, 0.3) is 0 Å². The van der Waals surface area contributed by atoms with Crippen LogP contribution in [0.2, 0.25) is 0 Å². The number of phosphoric ester groups is 1. The van der Waals surface area contributed by atoms with Gasteiger partial charge in [0.15, 0.2) is 6.10 Å². The molecule has 11 nitrogen and oxygen atoms in total. The van der Waals surface area contributed by atoms with E-state index < -0.39 is 44.7 Å². The van der Waals surface area contributed by atoms with E-state index in [1.165, 1.54) is 103 Å². The van der Waals surface area contributed by atoms with E-state index in [1.807, 2.05) is 6.08 Å². The van der Waals surface area contributed by atoms with Crippen molar-refractivity contribution in [2.75, 3.05) is 26.4 Å². The Morgan fingerprint density at radius 3 is 1.68 bits per heavy atom. The van der Waals surface area contributed by atoms with Crippen LogP contribution in [0.3, 0.4) is 0 Å². The second-order valence-corrected chi connectivity index (χ2v) is 16.8. The summed E-state index contributed by atoms with van der Waals surface area (Å²) in [5, 5.41) is 20.3. The lowest BCUT2D eigenvalue weighted by Crippen LogP contribution is -2.29. The van der Waals surface area contributed by atoms with Crippen LogP contribution in [0.1, 0.15) is 181 Å². The minimum atomic E-state index is -4.45. The molecule has 0 bridgehead atoms. The minimum Gasteiger partial charge on any atom is -0.462 e. The second kappa shape index (κ2) is 42.3. The Morgan fingerprint density at radius 1 is 0.593 bits per heavy atom. The molecule has 0 fully saturated rings. The van der Waals surface area contributed by atoms with Crippen molar-refractivity contribution < 1.29 is 47.8 Å². The van der Waals surface area contributed by atoms with E-state index in [2.05, 4.69) is 32.1 Å². The molecule has 4 atom stereocenters. The molecule has 342 valence electrons. The molecule has 0 heterocycles. The van der Waals surface area contributed by atoms with Gasteiger partial charge in [0.2, 0.25) is 0 Å². The number of carbonyl (C=O) groups is 2. The Balaban J connectivity index is 4.36. The first-order valence-electron chi connectivity index (χ1n) is 23.0. The summed E-state index contributed by atoms with van der Waals surface area (Å²) >= 11 is 0. The lowest BCUT2D eigenvalue weighted by Gasteiger charge is -2.20. The van der Waals surface area contributed by atoms with E-state index in [0.29, 0.717) is 25.7 Å². The number of carbonyl (C=O) groups excluding carboxylic acids is 2. The number of rotatable bonds is 42. The fraction of sp³-hybridized carbons (Fsp3) is 0.745. The number of unbranched alkanes of at least 4 members (excludes halogenated alkanes) is 18. The first-order chi connectivity index (χ1) is 28.6. The number of esters is 2. The molecule has 59 heavy (non-hydrogen) atoms. The summed E-state index contributed by atoms with van der Waals surface area (Å²) in [6.07, 6.45) is 43.1. The zero-order valence-electron chi connectivity index (χ0n) is 36.9. The Morgan fingerprint density at radius 2 is 1.08 bits per heavy atom. The Kier molecular flexibility index (Phi) is 40.6. The zero-order valence-corrected chi connectivity index (χ0v) is 37.8. The molecule has 0 radical (unpaired) electrons. The average molecular weight is 854 g/mol. The van der Waals surface area contributed by atoms with Crippen LogP contribution < -0.4 is 5.73 Å². The quantitative estimate of drug-likeness (QED) is 0.0151. The topological polar surface area (TPSA) is 175 Å². The van der Waals surface area contributed by atoms with Gasteiger partial charge in [-0.05, 0) is 64.2 Å². The lowest BCUT2D eigenvalue weighted by atomic mass is 10.1. The van der Waals surface area contributed by atoms with Gasteiger partial charge in [0, 0.05) is 19.4 Å². The molecule has 0 aromatic carbocycles. The van der Waals surface area contributed by atoms with Gasteiger partial charge < -0.3 is 30.3 Å². The average Bonchev–Trinajstić information content (AvgIpc) is 3.21. The van der Waals surface area contributed by atoms with E-state index in [-0.39, 0.29) is 32.6 Å². The molecule has 0 spiro atoms. The van der Waals surface area contributed by atoms with Crippen LogP contribution in [-0.4, -0.2) is 71.7 Å². The van der Waals surface area contributed by atoms with Crippen LogP contribution in [0.5, 0.6) is 0 Å². The van der Waals surface area contributed by atoms with Crippen molar-refractivity contribution in [2.24, 2.45) is 5.73 Å². The van der Waals surface area contributed by atoms with E-state index in [0.717, 1.165) is 25.7 Å². The zero-order chi connectivity index (χ0) is 43.5. The third kappa shape index (κ3) is 42.1. The maximum Gasteiger partial charge on any atom is 0.472 e. The van der Waals surface area contributed by atoms with Gasteiger partial charge in [-0.15, -0.1) is 0 Å². The number of nitrogens with two attached hydrogens (primary N) is 1. The molecule has 5 N–H and O–H groups in total. The van der Waals surface area contributed by atoms with Crippen molar-refractivity contribution >= 4 is 19.8 Å². The molecular formula is C47H84NO10P. The highest BCUT2D eigenvalue weighted by Gasteiger charge is 2.26. The molecule has 0 aliphatic heterocycles. The SMILES string of the molecule is CCCCC/C=C\C[C@H](O)/C=C/C=C/C=C\[C@H](O)CCCC(=O)O[C@H](COC(=O)CCCCCCCCCCC/C=C\CCCCCCCC)COP(=O)(O)OCCN. The standard InChI is InChI=1S/C47H84NO10P/c1-3-5-7-9-11-12-13-14-15-16-17-18-19-20-21-22-23-25-31-37-46(51)55-41-45(42-57-59(53,54)56-40-39-48)58-47(52)38-32-36-44(50)35-30-27-26-29-34-43(49)33-28-24-10-8-6-4-2/h14-15,24,26-30,34-35,43-45,49-50H,3-13,16-23,25,31-33,36-42,48H2,1-2H3,(H,53,54)/b15-14-,27-26+,28-24-,34-29+,35-30-/t43-,44-,45+/m0/s1. The number of aliphatic hydroxyl groups excluding tert-OH is 2. The van der Waals surface area contributed by atoms with Gasteiger partial charge in [-0.2, -0.15) is 0 Å². The largest absolute Gasteiger partial charge is 0.472 e. The van der Waals surface area contributed by atoms with Gasteiger partial charge >= 0.3 is 19.8 Å². The highest BCUT2D eigenvalue weighted by atomic mass is 31.2. The van der Waals surface area contributed by atoms with E-state index in [4.69, 9.17) is 24.3 Å². The molecule has 0 saturated heterocycles. The number of phosphoric acid groups is 1. The van der Waals surface area contributed by atoms with Gasteiger partial charge in [0.05, 0.1) is 25.4 Å². The van der Waals surface area contributed by atoms with Gasteiger partial charge in [-0.3, -0.25) is 18.6 Å². The maximum atomic E-state index is 12.6. The van der Waals surface area contributed by atoms with Crippen molar-refractivity contribution in [2.45, 2.75) is 199 Å². The lowest BCUT2D eigenvalue weighted by molar-refractivity contribution is -0.161. The third-order valence-electron chi connectivity index (χ3n) is 9.57. The number of hydrogen-bond donors (Lipinski definition) is 4. The molecular weight excluding hydrogens is 769 g/mol. The molecule has 0 saturated carbocycles. The smallest absolute Gasteiger partial charge is 0.462 e. The monoisotopic (exact) mass is 854 g/mol. The Hall–Kier alpha value is -2.37. The van der Waals surface area contributed by atoms with Crippen LogP contribution in [-0.2, 0) is 32.7 Å². The maximum absolute atomic E-state index is 12.6. The molecule has 0 rings (SSSR count). The minimum absolute atomic E-state index is 0.0112. The number of allylic oxidation sites excluding steroid dienone is 7. The van der Waals surface area contributed by atoms with Crippen LogP contribution in [0.25, 0.3) is 0 Å². The van der Waals surface area contributed by atoms with Crippen molar-refractivity contribution in [1.82, 2.24) is 0 Å². The fourth-order valence-corrected chi connectivity index (χ4v) is 6.82. The predicted molar refractivity (Wildman–Crippen MR) is 241 cm³/mol. The molecule has 1 unspecified atom stereocenters. The van der Waals surface area contributed by atoms with Crippen LogP contribution in [0.15, 0.2) is 60.8 Å². The summed E-state index contributed by atoms with van der Waals surface area (Å²) in [5.74, 6) is -1.07. The highest BCUT2D eigenvalue weighted by Crippen LogP contribution is 2.43. The first-order valence-corrected chi connectivity index (χ1v) is 24.5. The van der Waals surface area contributed by atoms with Crippen LogP contribution in [0.4, 0.5) is 0 Å². The predicted octanol–water partition coefficient (Wildman–Crippen LogP) is 11.2. The van der Waals surface area contributed by atoms with Crippen molar-refractivity contribution in [1.29, 1.82) is 0 Å². The molecule has 0 aromatic heterocycles. The van der Waals surface area contributed by atoms with Crippen molar-refractivity contribution in [3.8, 4) is 0 Å². The molecule has 12 heteroatoms. The molecule has 0 amide bonds. The fourth-order valence-electron chi connectivity index (χ4n) is 6.06. The number of hydrogen-bond acceptors (Lipinski definition) is 10. The number of ether oxygens (including phenoxy) is 2. The van der Waals surface area contributed by atoms with Crippen LogP contribution in [0, 0.1) is 0 Å². The Bertz CT molecular complexity index is 1190. The summed E-state index contributed by atoms with van der Waals surface area (Å²) < 4.78 is 32.6. The first kappa shape index (κ1) is 56.6. The molecule has 0 aromatic rings. The van der Waals surface area contributed by atoms with E-state index in [1.54, 1.807) is 36.5 Å². The van der Waals surface area contributed by atoms with Gasteiger partial charge in [-0.1, -0.05) is 164 Å². The normalized spacial score (nSPS) is 14.9. The van der Waals surface area contributed by atoms with E-state index >= 15 is 0 Å². The summed E-state index contributed by atoms with van der Waals surface area (Å²) in [6, 6.07) is 0. The van der Waals surface area contributed by atoms with Crippen molar-refractivity contribution in [3.05, 3.63) is 60.8 Å². The second-order valence-electron chi connectivity index (χ2n) is 15.3. The van der Waals surface area contributed by atoms with Crippen molar-refractivity contribution in [3.63, 3.8) is 0 Å². The summed E-state index contributed by atoms with van der Waals surface area (Å²) in [7, 11) is -4.45. The van der Waals surface area contributed by atoms with Crippen LogP contribution >= 0.6 is 7.82 Å². The van der Waals surface area contributed by atoms with Gasteiger partial charge in [0.1, 0.15) is 6.61 Å². The molecule has 0 aliphatic rings. The summed E-state index contributed by atoms with van der Waals surface area (Å²) in [4.78, 5) is 34.9. The third-order valence-corrected chi connectivity index (χ3v) is 10.6. The van der Waals surface area contributed by atoms with Gasteiger partial charge in [-0.25, -0.2) is 4.57 Å². The highest BCUT2D eigenvalue weighted by molar-refractivity contribution is 7.47. The van der Waals surface area contributed by atoms with E-state index in [9.17, 15) is 29.3 Å². The molecule has 0 aliphatic carbocycles. The summed E-state index contributed by atoms with van der Waals surface area (Å²) in [5.41, 5.74) is 5.34. The number of aliphatic hydroxyl groups is 2.